The minimum absolute atomic E-state index is 0.0135. The lowest BCUT2D eigenvalue weighted by atomic mass is 10.1. The van der Waals surface area contributed by atoms with Crippen LogP contribution in [0.5, 0.6) is 0 Å². The normalized spacial score (nSPS) is 12.8. The zero-order valence-electron chi connectivity index (χ0n) is 18.6. The number of carbonyl (C=O) groups excluding carboxylic acids is 2. The summed E-state index contributed by atoms with van der Waals surface area (Å²) in [6.07, 6.45) is 2.32. The van der Waals surface area contributed by atoms with Crippen LogP contribution >= 0.6 is 0 Å². The molecule has 4 rings (SSSR count). The van der Waals surface area contributed by atoms with Crippen molar-refractivity contribution in [3.63, 3.8) is 0 Å². The number of anilines is 1. The van der Waals surface area contributed by atoms with Crippen molar-refractivity contribution in [2.75, 3.05) is 11.6 Å². The lowest BCUT2D eigenvalue weighted by molar-refractivity contribution is -0.115. The van der Waals surface area contributed by atoms with Gasteiger partial charge in [-0.1, -0.05) is 36.4 Å². The Labute approximate surface area is 201 Å². The average Bonchev–Trinajstić information content (AvgIpc) is 3.38. The summed E-state index contributed by atoms with van der Waals surface area (Å²) in [7, 11) is -3.30. The zero-order valence-corrected chi connectivity index (χ0v) is 19.4. The van der Waals surface area contributed by atoms with Gasteiger partial charge in [-0.15, -0.1) is 10.6 Å². The molecule has 0 saturated heterocycles. The van der Waals surface area contributed by atoms with E-state index in [0.29, 0.717) is 11.4 Å². The number of hydrazone groups is 1. The maximum Gasteiger partial charge on any atom is 0.270 e. The summed E-state index contributed by atoms with van der Waals surface area (Å²) in [5.74, 6) is 0.0500. The van der Waals surface area contributed by atoms with Crippen LogP contribution in [0.4, 0.5) is 5.82 Å². The lowest BCUT2D eigenvalue weighted by Crippen LogP contribution is -2.35. The molecule has 0 atom stereocenters. The van der Waals surface area contributed by atoms with Gasteiger partial charge >= 0.3 is 0 Å². The van der Waals surface area contributed by atoms with E-state index in [9.17, 15) is 18.0 Å². The van der Waals surface area contributed by atoms with Gasteiger partial charge in [0, 0.05) is 24.4 Å². The fraction of sp³-hybridized carbons (Fsp3) is 0.136. The van der Waals surface area contributed by atoms with E-state index in [1.165, 1.54) is 24.5 Å². The number of nitrogens with zero attached hydrogens (tertiary/aromatic N) is 3. The third-order valence-electron chi connectivity index (χ3n) is 4.97. The molecule has 3 aromatic rings. The molecule has 2 heterocycles. The van der Waals surface area contributed by atoms with Crippen molar-refractivity contribution < 1.29 is 18.0 Å². The topological polar surface area (TPSA) is 167 Å². The maximum absolute atomic E-state index is 12.5. The number of nitrogens with one attached hydrogen (secondary N) is 5. The number of carbonyl (C=O) groups is 2. The van der Waals surface area contributed by atoms with Crippen molar-refractivity contribution in [1.29, 1.82) is 0 Å². The van der Waals surface area contributed by atoms with Crippen LogP contribution in [-0.2, 0) is 27.6 Å². The number of hydrogen-bond donors (Lipinski definition) is 5. The van der Waals surface area contributed by atoms with Gasteiger partial charge < -0.3 is 10.6 Å². The number of sulfone groups is 1. The van der Waals surface area contributed by atoms with Gasteiger partial charge in [0.05, 0.1) is 11.3 Å². The van der Waals surface area contributed by atoms with E-state index in [1.807, 2.05) is 24.3 Å². The summed E-state index contributed by atoms with van der Waals surface area (Å²) in [5.41, 5.74) is 10.6. The van der Waals surface area contributed by atoms with E-state index < -0.39 is 15.7 Å². The first-order valence-corrected chi connectivity index (χ1v) is 12.3. The molecule has 12 nitrogen and oxygen atoms in total. The predicted molar refractivity (Wildman–Crippen MR) is 127 cm³/mol. The van der Waals surface area contributed by atoms with Crippen molar-refractivity contribution in [3.05, 3.63) is 83.3 Å². The molecule has 0 fully saturated rings. The third-order valence-corrected chi connectivity index (χ3v) is 6.10. The van der Waals surface area contributed by atoms with Gasteiger partial charge in [-0.25, -0.2) is 23.9 Å². The van der Waals surface area contributed by atoms with Crippen molar-refractivity contribution in [1.82, 2.24) is 31.8 Å². The van der Waals surface area contributed by atoms with Crippen LogP contribution in [0.1, 0.15) is 27.2 Å². The zero-order chi connectivity index (χ0) is 24.8. The van der Waals surface area contributed by atoms with Crippen molar-refractivity contribution >= 4 is 33.3 Å². The molecule has 180 valence electrons. The van der Waals surface area contributed by atoms with Gasteiger partial charge in [0.1, 0.15) is 17.8 Å². The molecule has 0 spiro atoms. The van der Waals surface area contributed by atoms with Gasteiger partial charge in [0.15, 0.2) is 15.7 Å². The van der Waals surface area contributed by atoms with E-state index in [2.05, 4.69) is 42.2 Å². The Bertz CT molecular complexity index is 1370. The van der Waals surface area contributed by atoms with Gasteiger partial charge in [-0.2, -0.15) is 0 Å². The van der Waals surface area contributed by atoms with Crippen LogP contribution in [0.3, 0.4) is 0 Å². The molecular weight excluding hydrogens is 472 g/mol. The smallest absolute Gasteiger partial charge is 0.270 e. The van der Waals surface area contributed by atoms with Crippen LogP contribution in [0.25, 0.3) is 0 Å². The molecule has 0 aliphatic carbocycles. The standard InChI is InChI=1S/C22H22N8O4S/c1-35(33,34)17-8-4-14(5-9-17)10-20(31)26-19-11-18(24-13-25-19)22(32)23-12-15-2-6-16(7-3-15)21-27-29-30-28-21/h2-9,11,13,29-30H,10,12H2,1H3,(H,23,32)(H,27,28)(H,24,25,26,31). The summed E-state index contributed by atoms with van der Waals surface area (Å²) in [6.45, 7) is 0.282. The quantitative estimate of drug-likeness (QED) is 0.295. The highest BCUT2D eigenvalue weighted by Crippen LogP contribution is 2.12. The summed E-state index contributed by atoms with van der Waals surface area (Å²) < 4.78 is 23.1. The summed E-state index contributed by atoms with van der Waals surface area (Å²) in [6, 6.07) is 14.9. The summed E-state index contributed by atoms with van der Waals surface area (Å²) >= 11 is 0. The summed E-state index contributed by atoms with van der Waals surface area (Å²) in [4.78, 5) is 33.0. The molecule has 35 heavy (non-hydrogen) atoms. The SMILES string of the molecule is CS(=O)(=O)c1ccc(CC(=O)Nc2cc(C(=O)NCc3ccc(C4=NNNN4)cc3)ncn2)cc1. The summed E-state index contributed by atoms with van der Waals surface area (Å²) in [5, 5.41) is 9.42. The Hall–Kier alpha value is -4.36. The van der Waals surface area contributed by atoms with Crippen molar-refractivity contribution in [2.45, 2.75) is 17.9 Å². The Morgan fingerprint density at radius 2 is 1.69 bits per heavy atom. The number of hydrazine groups is 2. The third kappa shape index (κ3) is 6.37. The van der Waals surface area contributed by atoms with Crippen LogP contribution in [0, 0.1) is 0 Å². The van der Waals surface area contributed by atoms with E-state index in [-0.39, 0.29) is 35.3 Å². The van der Waals surface area contributed by atoms with Gasteiger partial charge in [0.2, 0.25) is 5.91 Å². The molecule has 13 heteroatoms. The van der Waals surface area contributed by atoms with Crippen LogP contribution in [0.2, 0.25) is 0 Å². The van der Waals surface area contributed by atoms with E-state index >= 15 is 0 Å². The van der Waals surface area contributed by atoms with Crippen LogP contribution in [0.15, 0.2) is 70.9 Å². The molecule has 0 saturated carbocycles. The number of amides is 2. The number of rotatable bonds is 8. The Balaban J connectivity index is 1.31. The van der Waals surface area contributed by atoms with Gasteiger partial charge in [-0.3, -0.25) is 15.0 Å². The predicted octanol–water partition coefficient (Wildman–Crippen LogP) is 0.265. The fourth-order valence-electron chi connectivity index (χ4n) is 3.17. The van der Waals surface area contributed by atoms with Gasteiger partial charge in [0.25, 0.3) is 5.91 Å². The average molecular weight is 495 g/mol. The highest BCUT2D eigenvalue weighted by molar-refractivity contribution is 7.90. The van der Waals surface area contributed by atoms with Gasteiger partial charge in [-0.05, 0) is 23.3 Å². The van der Waals surface area contributed by atoms with E-state index in [1.54, 1.807) is 12.1 Å². The number of hydrogen-bond acceptors (Lipinski definition) is 10. The Kier molecular flexibility index (Phi) is 6.98. The molecule has 1 aromatic heterocycles. The molecule has 0 unspecified atom stereocenters. The fourth-order valence-corrected chi connectivity index (χ4v) is 3.80. The Morgan fingerprint density at radius 3 is 2.34 bits per heavy atom. The van der Waals surface area contributed by atoms with Crippen LogP contribution < -0.4 is 27.1 Å². The minimum Gasteiger partial charge on any atom is -0.347 e. The molecule has 2 amide bonds. The molecule has 5 N–H and O–H groups in total. The van der Waals surface area contributed by atoms with E-state index in [4.69, 9.17) is 0 Å². The number of amidine groups is 1. The van der Waals surface area contributed by atoms with Crippen LogP contribution in [-0.4, -0.2) is 42.3 Å². The largest absolute Gasteiger partial charge is 0.347 e. The molecule has 2 aromatic carbocycles. The first-order chi connectivity index (χ1) is 16.8. The molecule has 0 radical (unpaired) electrons. The molecule has 1 aliphatic rings. The highest BCUT2D eigenvalue weighted by atomic mass is 32.2. The monoisotopic (exact) mass is 494 g/mol. The first kappa shape index (κ1) is 23.8. The minimum atomic E-state index is -3.30. The van der Waals surface area contributed by atoms with Crippen molar-refractivity contribution in [3.8, 4) is 0 Å². The second-order valence-electron chi connectivity index (χ2n) is 7.63. The molecule has 0 bridgehead atoms. The number of aromatic nitrogens is 2. The highest BCUT2D eigenvalue weighted by Gasteiger charge is 2.13. The van der Waals surface area contributed by atoms with E-state index in [0.717, 1.165) is 17.4 Å². The first-order valence-electron chi connectivity index (χ1n) is 10.4. The van der Waals surface area contributed by atoms with Crippen molar-refractivity contribution in [2.24, 2.45) is 5.10 Å². The number of benzene rings is 2. The Morgan fingerprint density at radius 1 is 0.971 bits per heavy atom. The second kappa shape index (κ2) is 10.3. The maximum atomic E-state index is 12.5. The second-order valence-corrected chi connectivity index (χ2v) is 9.65. The molecular formula is C22H22N8O4S. The lowest BCUT2D eigenvalue weighted by Gasteiger charge is -2.08. The molecule has 1 aliphatic heterocycles.